The molecule has 0 saturated heterocycles. The molecule has 0 unspecified atom stereocenters. The zero-order valence-corrected chi connectivity index (χ0v) is 12.8. The molecule has 5 nitrogen and oxygen atoms in total. The molecule has 2 heterocycles. The van der Waals surface area contributed by atoms with Crippen LogP contribution in [0.3, 0.4) is 0 Å². The van der Waals surface area contributed by atoms with Crippen molar-refractivity contribution in [2.75, 3.05) is 0 Å². The molecule has 0 amide bonds. The van der Waals surface area contributed by atoms with Crippen LogP contribution in [0.2, 0.25) is 0 Å². The van der Waals surface area contributed by atoms with Crippen LogP contribution in [0.4, 0.5) is 0 Å². The Kier molecular flexibility index (Phi) is 3.84. The van der Waals surface area contributed by atoms with Gasteiger partial charge in [0.05, 0.1) is 33.5 Å². The number of rotatable bonds is 3. The molecule has 0 N–H and O–H groups in total. The maximum Gasteiger partial charge on any atom is 0.267 e. The fraction of sp³-hybridized carbons (Fsp3) is 0.417. The monoisotopic (exact) mass is 358 g/mol. The third-order valence-corrected chi connectivity index (χ3v) is 4.12. The predicted molar refractivity (Wildman–Crippen MR) is 77.6 cm³/mol. The van der Waals surface area contributed by atoms with Crippen LogP contribution in [0.5, 0.6) is 0 Å². The van der Waals surface area contributed by atoms with Crippen LogP contribution < -0.4 is 5.56 Å². The minimum Gasteiger partial charge on any atom is -0.292 e. The largest absolute Gasteiger partial charge is 0.292 e. The Morgan fingerprint density at radius 1 is 1.44 bits per heavy atom. The first kappa shape index (κ1) is 13.3. The number of nitrogens with zero attached hydrogens (tertiary/aromatic N) is 4. The van der Waals surface area contributed by atoms with Crippen LogP contribution in [-0.2, 0) is 20.0 Å². The molecular weight excluding hydrogens is 343 g/mol. The molecule has 2 rings (SSSR count). The highest BCUT2D eigenvalue weighted by Crippen LogP contribution is 2.06. The Morgan fingerprint density at radius 2 is 2.17 bits per heavy atom. The molecule has 0 aliphatic heterocycles. The summed E-state index contributed by atoms with van der Waals surface area (Å²) in [5, 5.41) is 4.37. The second-order valence-corrected chi connectivity index (χ2v) is 5.26. The van der Waals surface area contributed by atoms with Crippen molar-refractivity contribution in [1.29, 1.82) is 0 Å². The van der Waals surface area contributed by atoms with Gasteiger partial charge >= 0.3 is 0 Å². The summed E-state index contributed by atoms with van der Waals surface area (Å²) in [4.78, 5) is 16.3. The Bertz CT molecular complexity index is 629. The third-order valence-electron chi connectivity index (χ3n) is 2.88. The van der Waals surface area contributed by atoms with E-state index in [1.54, 1.807) is 10.9 Å². The Balaban J connectivity index is 2.37. The van der Waals surface area contributed by atoms with E-state index in [1.165, 1.54) is 0 Å². The first-order valence-corrected chi connectivity index (χ1v) is 6.84. The fourth-order valence-corrected chi connectivity index (χ4v) is 2.17. The summed E-state index contributed by atoms with van der Waals surface area (Å²) in [6.45, 7) is 4.41. The van der Waals surface area contributed by atoms with Gasteiger partial charge in [-0.15, -0.1) is 0 Å². The van der Waals surface area contributed by atoms with E-state index in [9.17, 15) is 4.79 Å². The van der Waals surface area contributed by atoms with Crippen molar-refractivity contribution in [2.45, 2.75) is 26.8 Å². The van der Waals surface area contributed by atoms with Gasteiger partial charge in [0.25, 0.3) is 5.56 Å². The average molecular weight is 358 g/mol. The van der Waals surface area contributed by atoms with E-state index >= 15 is 0 Å². The molecule has 0 atom stereocenters. The van der Waals surface area contributed by atoms with Gasteiger partial charge in [0.2, 0.25) is 0 Å². The van der Waals surface area contributed by atoms with Gasteiger partial charge in [-0.2, -0.15) is 5.10 Å². The number of aryl methyl sites for hydroxylation is 3. The summed E-state index contributed by atoms with van der Waals surface area (Å²) in [5.41, 5.74) is 2.82. The maximum absolute atomic E-state index is 12.1. The average Bonchev–Trinajstić information content (AvgIpc) is 2.71. The molecular formula is C12H15IN4O. The number of hydrogen-bond donors (Lipinski definition) is 0. The van der Waals surface area contributed by atoms with Gasteiger partial charge in [-0.1, -0.05) is 6.92 Å². The standard InChI is InChI=1S/C12H15IN4O/c1-4-9-5-10(16(3)15-9)6-17-7-14-8(2)11(13)12(17)18/h5,7H,4,6H2,1-3H3. The molecule has 0 aromatic carbocycles. The lowest BCUT2D eigenvalue weighted by Gasteiger charge is -2.06. The van der Waals surface area contributed by atoms with Crippen LogP contribution in [0, 0.1) is 10.5 Å². The molecule has 0 fully saturated rings. The van der Waals surface area contributed by atoms with E-state index in [1.807, 2.05) is 47.3 Å². The van der Waals surface area contributed by atoms with Crippen molar-refractivity contribution in [1.82, 2.24) is 19.3 Å². The summed E-state index contributed by atoms with van der Waals surface area (Å²) in [7, 11) is 1.89. The molecule has 2 aromatic rings. The van der Waals surface area contributed by atoms with Crippen LogP contribution in [-0.4, -0.2) is 19.3 Å². The van der Waals surface area contributed by atoms with Gasteiger partial charge in [0.1, 0.15) is 0 Å². The molecule has 0 radical (unpaired) electrons. The van der Waals surface area contributed by atoms with Gasteiger partial charge < -0.3 is 0 Å². The van der Waals surface area contributed by atoms with E-state index in [2.05, 4.69) is 17.0 Å². The minimum absolute atomic E-state index is 0.00217. The Morgan fingerprint density at radius 3 is 2.78 bits per heavy atom. The third kappa shape index (κ3) is 2.47. The van der Waals surface area contributed by atoms with Crippen molar-refractivity contribution in [3.8, 4) is 0 Å². The quantitative estimate of drug-likeness (QED) is 0.782. The van der Waals surface area contributed by atoms with Crippen molar-refractivity contribution >= 4 is 22.6 Å². The van der Waals surface area contributed by atoms with Gasteiger partial charge in [-0.3, -0.25) is 14.0 Å². The van der Waals surface area contributed by atoms with Crippen LogP contribution in [0.15, 0.2) is 17.2 Å². The number of aromatic nitrogens is 4. The van der Waals surface area contributed by atoms with E-state index < -0.39 is 0 Å². The second-order valence-electron chi connectivity index (χ2n) is 4.18. The maximum atomic E-state index is 12.1. The first-order chi connectivity index (χ1) is 8.52. The summed E-state index contributed by atoms with van der Waals surface area (Å²) in [6.07, 6.45) is 2.49. The molecule has 0 spiro atoms. The van der Waals surface area contributed by atoms with E-state index in [0.29, 0.717) is 10.1 Å². The van der Waals surface area contributed by atoms with Crippen molar-refractivity contribution in [2.24, 2.45) is 7.05 Å². The van der Waals surface area contributed by atoms with Crippen LogP contribution >= 0.6 is 22.6 Å². The lowest BCUT2D eigenvalue weighted by Crippen LogP contribution is -2.25. The highest BCUT2D eigenvalue weighted by atomic mass is 127. The molecule has 0 saturated carbocycles. The zero-order chi connectivity index (χ0) is 13.3. The lowest BCUT2D eigenvalue weighted by atomic mass is 10.3. The van der Waals surface area contributed by atoms with Gasteiger partial charge in [-0.05, 0) is 42.0 Å². The first-order valence-electron chi connectivity index (χ1n) is 5.76. The Labute approximate surface area is 119 Å². The number of halogens is 1. The van der Waals surface area contributed by atoms with E-state index in [-0.39, 0.29) is 5.56 Å². The summed E-state index contributed by atoms with van der Waals surface area (Å²) in [6, 6.07) is 2.03. The highest BCUT2D eigenvalue weighted by molar-refractivity contribution is 14.1. The van der Waals surface area contributed by atoms with Crippen LogP contribution in [0.25, 0.3) is 0 Å². The molecule has 6 heteroatoms. The van der Waals surface area contributed by atoms with E-state index in [4.69, 9.17) is 0 Å². The second kappa shape index (κ2) is 5.21. The van der Waals surface area contributed by atoms with Crippen molar-refractivity contribution in [3.63, 3.8) is 0 Å². The SMILES string of the molecule is CCc1cc(Cn2cnc(C)c(I)c2=O)n(C)n1. The fourth-order valence-electron chi connectivity index (χ4n) is 1.73. The summed E-state index contributed by atoms with van der Waals surface area (Å²) in [5.74, 6) is 0. The predicted octanol–water partition coefficient (Wildman–Crippen LogP) is 1.50. The molecule has 0 aliphatic rings. The molecule has 0 bridgehead atoms. The van der Waals surface area contributed by atoms with Gasteiger partial charge in [-0.25, -0.2) is 4.98 Å². The van der Waals surface area contributed by atoms with Gasteiger partial charge in [0.15, 0.2) is 0 Å². The molecule has 0 aliphatic carbocycles. The summed E-state index contributed by atoms with van der Waals surface area (Å²) < 4.78 is 4.11. The molecule has 18 heavy (non-hydrogen) atoms. The van der Waals surface area contributed by atoms with Crippen molar-refractivity contribution in [3.05, 3.63) is 43.4 Å². The van der Waals surface area contributed by atoms with Crippen molar-refractivity contribution < 1.29 is 0 Å². The molecule has 96 valence electrons. The lowest BCUT2D eigenvalue weighted by molar-refractivity contribution is 0.638. The van der Waals surface area contributed by atoms with Crippen LogP contribution in [0.1, 0.15) is 24.0 Å². The molecule has 2 aromatic heterocycles. The Hall–Kier alpha value is -1.18. The van der Waals surface area contributed by atoms with E-state index in [0.717, 1.165) is 23.5 Å². The number of hydrogen-bond acceptors (Lipinski definition) is 3. The zero-order valence-electron chi connectivity index (χ0n) is 10.6. The topological polar surface area (TPSA) is 52.7 Å². The normalized spacial score (nSPS) is 10.9. The smallest absolute Gasteiger partial charge is 0.267 e. The highest BCUT2D eigenvalue weighted by Gasteiger charge is 2.09. The minimum atomic E-state index is 0.00217. The summed E-state index contributed by atoms with van der Waals surface area (Å²) >= 11 is 2.04. The van der Waals surface area contributed by atoms with Gasteiger partial charge in [0, 0.05) is 7.05 Å².